The van der Waals surface area contributed by atoms with Crippen LogP contribution in [0.15, 0.2) is 42.9 Å². The lowest BCUT2D eigenvalue weighted by atomic mass is 10.0. The average Bonchev–Trinajstić information content (AvgIpc) is 3.84. The number of nitrogens with zero attached hydrogens (tertiary/aromatic N) is 1. The number of carboxylic acid groups (broad SMARTS) is 2. The molecule has 0 aliphatic heterocycles. The normalized spacial score (nSPS) is 13.9. The minimum atomic E-state index is -1.90. The number of nitrogens with two attached hydrogens (primary N) is 2. The van der Waals surface area contributed by atoms with Crippen LogP contribution in [0.3, 0.4) is 0 Å². The molecular formula is C47H71N13O14. The molecule has 1 heterocycles. The monoisotopic (exact) mass is 1040 g/mol. The number of carboxylic acids is 2. The SMILES string of the molecule is CC(C)C[C@H](NC(=O)CN)C(=O)N[C@@H](Cc1cnc[nH]1)C(=O)NCC(=O)N[C@@H](CCC(N)=O)C(=O)N[C@@H](CC(=O)O)C(=O)N[C@@H](CC(C)C)C(=O)N[C@@H](Cc1ccccc1)C(=O)NCC(=O)N[C@H](C(=O)O)C(C)C. The minimum absolute atomic E-state index is 0.0666. The molecule has 0 spiro atoms. The van der Waals surface area contributed by atoms with Crippen LogP contribution in [-0.2, 0) is 70.4 Å². The molecule has 16 N–H and O–H groups in total. The van der Waals surface area contributed by atoms with Crippen LogP contribution >= 0.6 is 0 Å². The van der Waals surface area contributed by atoms with Crippen LogP contribution in [0.4, 0.5) is 0 Å². The fourth-order valence-corrected chi connectivity index (χ4v) is 7.14. The summed E-state index contributed by atoms with van der Waals surface area (Å²) < 4.78 is 0. The summed E-state index contributed by atoms with van der Waals surface area (Å²) >= 11 is 0. The van der Waals surface area contributed by atoms with Gasteiger partial charge >= 0.3 is 11.9 Å². The van der Waals surface area contributed by atoms with Gasteiger partial charge in [-0.25, -0.2) is 9.78 Å². The zero-order chi connectivity index (χ0) is 55.7. The number of aromatic amines is 1. The lowest BCUT2D eigenvalue weighted by molar-refractivity contribution is -0.143. The van der Waals surface area contributed by atoms with Crippen molar-refractivity contribution in [3.05, 3.63) is 54.1 Å². The van der Waals surface area contributed by atoms with Gasteiger partial charge in [-0.15, -0.1) is 0 Å². The first-order valence-electron chi connectivity index (χ1n) is 23.9. The van der Waals surface area contributed by atoms with Crippen molar-refractivity contribution in [3.8, 4) is 0 Å². The van der Waals surface area contributed by atoms with Gasteiger partial charge in [-0.05, 0) is 42.6 Å². The minimum Gasteiger partial charge on any atom is -0.481 e. The fraction of sp³-hybridized carbons (Fsp3) is 0.553. The Labute approximate surface area is 427 Å². The molecule has 0 aliphatic carbocycles. The predicted octanol–water partition coefficient (Wildman–Crippen LogP) is -3.65. The number of aromatic nitrogens is 2. The number of rotatable bonds is 33. The summed E-state index contributed by atoms with van der Waals surface area (Å²) in [6.07, 6.45) is 0.600. The molecule has 74 heavy (non-hydrogen) atoms. The molecule has 0 aliphatic rings. The van der Waals surface area contributed by atoms with E-state index in [1.54, 1.807) is 58.0 Å². The van der Waals surface area contributed by atoms with E-state index in [9.17, 15) is 67.7 Å². The topological polar surface area (TPSA) is 434 Å². The second-order valence-corrected chi connectivity index (χ2v) is 18.6. The van der Waals surface area contributed by atoms with Crippen molar-refractivity contribution in [1.82, 2.24) is 57.8 Å². The number of amides is 10. The first kappa shape index (κ1) is 62.1. The van der Waals surface area contributed by atoms with Crippen molar-refractivity contribution < 1.29 is 67.7 Å². The second-order valence-electron chi connectivity index (χ2n) is 18.6. The summed E-state index contributed by atoms with van der Waals surface area (Å²) in [6, 6.07) is -1.61. The summed E-state index contributed by atoms with van der Waals surface area (Å²) in [6.45, 7) is 8.33. The van der Waals surface area contributed by atoms with E-state index in [1.807, 2.05) is 13.8 Å². The molecule has 27 nitrogen and oxygen atoms in total. The molecule has 0 fully saturated rings. The number of carbonyl (C=O) groups is 12. The van der Waals surface area contributed by atoms with E-state index in [0.29, 0.717) is 11.3 Å². The van der Waals surface area contributed by atoms with Crippen molar-refractivity contribution in [2.75, 3.05) is 19.6 Å². The summed E-state index contributed by atoms with van der Waals surface area (Å²) in [5, 5.41) is 41.0. The summed E-state index contributed by atoms with van der Waals surface area (Å²) in [5.74, 6) is -12.7. The van der Waals surface area contributed by atoms with E-state index in [0.717, 1.165) is 0 Å². The summed E-state index contributed by atoms with van der Waals surface area (Å²) in [7, 11) is 0. The molecule has 27 heteroatoms. The van der Waals surface area contributed by atoms with Crippen LogP contribution < -0.4 is 59.3 Å². The third-order valence-corrected chi connectivity index (χ3v) is 10.9. The highest BCUT2D eigenvalue weighted by Crippen LogP contribution is 2.11. The van der Waals surface area contributed by atoms with E-state index in [4.69, 9.17) is 11.5 Å². The highest BCUT2D eigenvalue weighted by molar-refractivity contribution is 5.98. The molecule has 2 rings (SSSR count). The van der Waals surface area contributed by atoms with Gasteiger partial charge in [0.25, 0.3) is 0 Å². The molecule has 0 saturated heterocycles. The maximum absolute atomic E-state index is 14.0. The lowest BCUT2D eigenvalue weighted by Gasteiger charge is -2.27. The Morgan fingerprint density at radius 2 is 1.05 bits per heavy atom. The number of benzene rings is 1. The summed E-state index contributed by atoms with van der Waals surface area (Å²) in [4.78, 5) is 162. The zero-order valence-electron chi connectivity index (χ0n) is 42.3. The molecule has 1 aromatic carbocycles. The number of nitrogens with one attached hydrogen (secondary N) is 10. The maximum atomic E-state index is 14.0. The van der Waals surface area contributed by atoms with Gasteiger partial charge in [-0.2, -0.15) is 0 Å². The lowest BCUT2D eigenvalue weighted by Crippen LogP contribution is -2.59. The Morgan fingerprint density at radius 3 is 1.53 bits per heavy atom. The van der Waals surface area contributed by atoms with E-state index < -0.39 is 158 Å². The Balaban J connectivity index is 2.31. The first-order valence-corrected chi connectivity index (χ1v) is 23.9. The van der Waals surface area contributed by atoms with Gasteiger partial charge in [0.05, 0.1) is 32.4 Å². The van der Waals surface area contributed by atoms with E-state index >= 15 is 0 Å². The molecule has 0 radical (unpaired) electrons. The largest absolute Gasteiger partial charge is 0.481 e. The van der Waals surface area contributed by atoms with Gasteiger partial charge in [0.2, 0.25) is 59.1 Å². The number of imidazole rings is 1. The standard InChI is InChI=1S/C47H71N13O14/c1-24(2)14-30(55-36(62)19-48)44(70)58-33(17-28-20-50-23-53-28)42(68)51-21-37(63)54-29(12-13-35(49)61)43(69)59-34(18-39(65)66)46(72)56-31(15-25(3)4)45(71)57-32(16-27-10-8-7-9-11-27)41(67)52-22-38(64)60-40(26(5)6)47(73)74/h7-11,20,23-26,29-34,40H,12-19,21-22,48H2,1-6H3,(H2,49,61)(H,50,53)(H,51,68)(H,52,67)(H,54,63)(H,55,62)(H,56,72)(H,57,71)(H,58,70)(H,59,69)(H,60,64)(H,65,66)(H,73,74)/t29-,30-,31-,32-,33-,34-,40-/m0/s1. The number of carbonyl (C=O) groups excluding carboxylic acids is 10. The Bertz CT molecular complexity index is 2260. The highest BCUT2D eigenvalue weighted by atomic mass is 16.4. The zero-order valence-corrected chi connectivity index (χ0v) is 42.3. The van der Waals surface area contributed by atoms with Crippen LogP contribution in [0.1, 0.15) is 84.9 Å². The highest BCUT2D eigenvalue weighted by Gasteiger charge is 2.34. The van der Waals surface area contributed by atoms with Crippen molar-refractivity contribution in [2.24, 2.45) is 29.2 Å². The Kier molecular flexibility index (Phi) is 26.4. The van der Waals surface area contributed by atoms with Gasteiger partial charge in [0.1, 0.15) is 42.3 Å². The molecule has 1 aromatic heterocycles. The third-order valence-electron chi connectivity index (χ3n) is 10.9. The average molecular weight is 1040 g/mol. The number of primary amides is 1. The summed E-state index contributed by atoms with van der Waals surface area (Å²) in [5.41, 5.74) is 11.7. The van der Waals surface area contributed by atoms with Crippen LogP contribution in [0.25, 0.3) is 0 Å². The Hall–Kier alpha value is -7.97. The number of hydrogen-bond acceptors (Lipinski definition) is 14. The quantitative estimate of drug-likeness (QED) is 0.0328. The molecule has 7 atom stereocenters. The third kappa shape index (κ3) is 23.5. The number of H-pyrrole nitrogens is 1. The van der Waals surface area contributed by atoms with Crippen LogP contribution in [0.2, 0.25) is 0 Å². The molecule has 10 amide bonds. The van der Waals surface area contributed by atoms with Gasteiger partial charge < -0.3 is 74.5 Å². The van der Waals surface area contributed by atoms with E-state index in [2.05, 4.69) is 57.8 Å². The number of aliphatic carboxylic acids is 2. The maximum Gasteiger partial charge on any atom is 0.326 e. The number of hydrogen-bond donors (Lipinski definition) is 14. The van der Waals surface area contributed by atoms with E-state index in [-0.39, 0.29) is 37.5 Å². The molecule has 2 aromatic rings. The fourth-order valence-electron chi connectivity index (χ4n) is 7.14. The molecule has 0 bridgehead atoms. The van der Waals surface area contributed by atoms with Crippen molar-refractivity contribution >= 4 is 71.0 Å². The van der Waals surface area contributed by atoms with Crippen LogP contribution in [-0.4, -0.2) is 153 Å². The molecular weight excluding hydrogens is 971 g/mol. The smallest absolute Gasteiger partial charge is 0.326 e. The van der Waals surface area contributed by atoms with Crippen molar-refractivity contribution in [3.63, 3.8) is 0 Å². The van der Waals surface area contributed by atoms with Gasteiger partial charge in [0.15, 0.2) is 0 Å². The van der Waals surface area contributed by atoms with E-state index in [1.165, 1.54) is 12.5 Å². The molecule has 0 saturated carbocycles. The molecule has 408 valence electrons. The van der Waals surface area contributed by atoms with Gasteiger partial charge in [-0.1, -0.05) is 71.9 Å². The van der Waals surface area contributed by atoms with Gasteiger partial charge in [0, 0.05) is 31.2 Å². The molecule has 0 unspecified atom stereocenters. The van der Waals surface area contributed by atoms with Crippen molar-refractivity contribution in [1.29, 1.82) is 0 Å². The van der Waals surface area contributed by atoms with Crippen molar-refractivity contribution in [2.45, 2.75) is 129 Å². The Morgan fingerprint density at radius 1 is 0.581 bits per heavy atom. The van der Waals surface area contributed by atoms with Crippen LogP contribution in [0, 0.1) is 17.8 Å². The second kappa shape index (κ2) is 31.5. The van der Waals surface area contributed by atoms with Gasteiger partial charge in [-0.3, -0.25) is 52.7 Å². The van der Waals surface area contributed by atoms with Crippen LogP contribution in [0.5, 0.6) is 0 Å². The first-order chi connectivity index (χ1) is 34.8. The predicted molar refractivity (Wildman–Crippen MR) is 263 cm³/mol.